The molecule has 1 saturated heterocycles. The SMILES string of the molecule is CC(C)(C)OC(=O)NCC1(c2ccc([N+](=O)[O-])cc2)CCCCO1. The molecule has 1 unspecified atom stereocenters. The quantitative estimate of drug-likeness (QED) is 0.671. The highest BCUT2D eigenvalue weighted by Gasteiger charge is 2.36. The first-order valence-electron chi connectivity index (χ1n) is 8.08. The van der Waals surface area contributed by atoms with Gasteiger partial charge < -0.3 is 14.8 Å². The monoisotopic (exact) mass is 336 g/mol. The average molecular weight is 336 g/mol. The Morgan fingerprint density at radius 1 is 1.33 bits per heavy atom. The van der Waals surface area contributed by atoms with Gasteiger partial charge in [0.25, 0.3) is 5.69 Å². The van der Waals surface area contributed by atoms with Gasteiger partial charge in [0.1, 0.15) is 11.2 Å². The van der Waals surface area contributed by atoms with E-state index < -0.39 is 22.2 Å². The van der Waals surface area contributed by atoms with Gasteiger partial charge in [-0.15, -0.1) is 0 Å². The van der Waals surface area contributed by atoms with Crippen molar-refractivity contribution in [2.24, 2.45) is 0 Å². The fraction of sp³-hybridized carbons (Fsp3) is 0.588. The van der Waals surface area contributed by atoms with E-state index in [1.165, 1.54) is 12.1 Å². The molecular formula is C17H24N2O5. The Morgan fingerprint density at radius 2 is 2.00 bits per heavy atom. The molecule has 0 saturated carbocycles. The van der Waals surface area contributed by atoms with Gasteiger partial charge in [-0.05, 0) is 57.7 Å². The number of benzene rings is 1. The smallest absolute Gasteiger partial charge is 0.407 e. The van der Waals surface area contributed by atoms with Crippen LogP contribution in [0.2, 0.25) is 0 Å². The minimum absolute atomic E-state index is 0.0322. The molecule has 1 aromatic carbocycles. The van der Waals surface area contributed by atoms with Gasteiger partial charge in [0, 0.05) is 18.7 Å². The van der Waals surface area contributed by atoms with E-state index in [9.17, 15) is 14.9 Å². The van der Waals surface area contributed by atoms with Gasteiger partial charge in [-0.2, -0.15) is 0 Å². The van der Waals surface area contributed by atoms with Crippen LogP contribution in [0.5, 0.6) is 0 Å². The number of hydrogen-bond acceptors (Lipinski definition) is 5. The van der Waals surface area contributed by atoms with Gasteiger partial charge in [-0.1, -0.05) is 0 Å². The molecule has 0 spiro atoms. The summed E-state index contributed by atoms with van der Waals surface area (Å²) in [6.45, 7) is 6.26. The molecule has 1 aliphatic rings. The fourth-order valence-corrected chi connectivity index (χ4v) is 2.74. The van der Waals surface area contributed by atoms with Gasteiger partial charge >= 0.3 is 6.09 Å². The molecule has 0 bridgehead atoms. The van der Waals surface area contributed by atoms with Crippen molar-refractivity contribution in [1.29, 1.82) is 0 Å². The van der Waals surface area contributed by atoms with Crippen molar-refractivity contribution in [3.63, 3.8) is 0 Å². The molecule has 1 amide bonds. The highest BCUT2D eigenvalue weighted by molar-refractivity contribution is 5.67. The highest BCUT2D eigenvalue weighted by Crippen LogP contribution is 2.35. The Hall–Kier alpha value is -2.15. The maximum atomic E-state index is 11.9. The zero-order valence-electron chi connectivity index (χ0n) is 14.3. The lowest BCUT2D eigenvalue weighted by Gasteiger charge is -2.38. The molecule has 132 valence electrons. The van der Waals surface area contributed by atoms with Gasteiger partial charge in [0.15, 0.2) is 0 Å². The number of amides is 1. The van der Waals surface area contributed by atoms with Gasteiger partial charge in [0.2, 0.25) is 0 Å². The molecule has 1 heterocycles. The Balaban J connectivity index is 2.14. The van der Waals surface area contributed by atoms with Gasteiger partial charge in [0.05, 0.1) is 11.5 Å². The van der Waals surface area contributed by atoms with E-state index in [1.54, 1.807) is 32.9 Å². The van der Waals surface area contributed by atoms with Crippen LogP contribution in [-0.4, -0.2) is 29.8 Å². The summed E-state index contributed by atoms with van der Waals surface area (Å²) < 4.78 is 11.3. The lowest BCUT2D eigenvalue weighted by Crippen LogP contribution is -2.46. The van der Waals surface area contributed by atoms with Crippen LogP contribution in [0.4, 0.5) is 10.5 Å². The number of nitrogens with zero attached hydrogens (tertiary/aromatic N) is 1. The Kier molecular flexibility index (Phi) is 5.43. The van der Waals surface area contributed by atoms with Crippen LogP contribution < -0.4 is 5.32 Å². The van der Waals surface area contributed by atoms with Crippen molar-refractivity contribution in [3.8, 4) is 0 Å². The first-order valence-corrected chi connectivity index (χ1v) is 8.08. The number of alkyl carbamates (subject to hydrolysis) is 1. The van der Waals surface area contributed by atoms with E-state index in [4.69, 9.17) is 9.47 Å². The molecule has 7 heteroatoms. The van der Waals surface area contributed by atoms with E-state index in [0.717, 1.165) is 24.8 Å². The molecule has 1 aromatic rings. The zero-order chi connectivity index (χ0) is 17.8. The Labute approximate surface area is 141 Å². The number of nitro groups is 1. The first kappa shape index (κ1) is 18.2. The molecule has 2 rings (SSSR count). The van der Waals surface area contributed by atoms with E-state index >= 15 is 0 Å². The van der Waals surface area contributed by atoms with Crippen molar-refractivity contribution in [2.75, 3.05) is 13.2 Å². The molecule has 1 fully saturated rings. The predicted octanol–water partition coefficient (Wildman–Crippen LogP) is 3.52. The van der Waals surface area contributed by atoms with Crippen molar-refractivity contribution in [1.82, 2.24) is 5.32 Å². The van der Waals surface area contributed by atoms with E-state index in [-0.39, 0.29) is 12.2 Å². The van der Waals surface area contributed by atoms with Crippen LogP contribution in [0.25, 0.3) is 0 Å². The summed E-state index contributed by atoms with van der Waals surface area (Å²) in [6.07, 6.45) is 2.16. The largest absolute Gasteiger partial charge is 0.444 e. The van der Waals surface area contributed by atoms with Gasteiger partial charge in [-0.25, -0.2) is 4.79 Å². The number of rotatable bonds is 4. The topological polar surface area (TPSA) is 90.7 Å². The summed E-state index contributed by atoms with van der Waals surface area (Å²) in [5, 5.41) is 13.6. The maximum Gasteiger partial charge on any atom is 0.407 e. The van der Waals surface area contributed by atoms with Crippen LogP contribution in [0.15, 0.2) is 24.3 Å². The molecule has 1 N–H and O–H groups in total. The average Bonchev–Trinajstić information content (AvgIpc) is 2.52. The summed E-state index contributed by atoms with van der Waals surface area (Å²) in [7, 11) is 0. The highest BCUT2D eigenvalue weighted by atomic mass is 16.6. The second-order valence-corrected chi connectivity index (χ2v) is 6.96. The van der Waals surface area contributed by atoms with E-state index in [0.29, 0.717) is 6.61 Å². The fourth-order valence-electron chi connectivity index (χ4n) is 2.74. The molecular weight excluding hydrogens is 312 g/mol. The third-order valence-electron chi connectivity index (χ3n) is 3.87. The number of carbonyl (C=O) groups is 1. The lowest BCUT2D eigenvalue weighted by molar-refractivity contribution is -0.384. The third kappa shape index (κ3) is 4.67. The van der Waals surface area contributed by atoms with E-state index in [1.807, 2.05) is 0 Å². The number of carbonyl (C=O) groups excluding carboxylic acids is 1. The van der Waals surface area contributed by atoms with Crippen molar-refractivity contribution >= 4 is 11.8 Å². The van der Waals surface area contributed by atoms with Crippen molar-refractivity contribution in [3.05, 3.63) is 39.9 Å². The maximum absolute atomic E-state index is 11.9. The minimum Gasteiger partial charge on any atom is -0.444 e. The van der Waals surface area contributed by atoms with E-state index in [2.05, 4.69) is 5.32 Å². The minimum atomic E-state index is -0.676. The normalized spacial score (nSPS) is 21.1. The molecule has 1 aliphatic heterocycles. The molecule has 0 aromatic heterocycles. The number of ether oxygens (including phenoxy) is 2. The van der Waals surface area contributed by atoms with Crippen LogP contribution in [0.1, 0.15) is 45.6 Å². The van der Waals surface area contributed by atoms with Crippen LogP contribution in [0, 0.1) is 10.1 Å². The summed E-state index contributed by atoms with van der Waals surface area (Å²) >= 11 is 0. The Bertz CT molecular complexity index is 586. The summed E-state index contributed by atoms with van der Waals surface area (Å²) in [6, 6.07) is 6.31. The lowest BCUT2D eigenvalue weighted by atomic mass is 9.86. The zero-order valence-corrected chi connectivity index (χ0v) is 14.3. The second kappa shape index (κ2) is 7.17. The first-order chi connectivity index (χ1) is 11.2. The second-order valence-electron chi connectivity index (χ2n) is 6.96. The number of nitrogens with one attached hydrogen (secondary N) is 1. The summed E-state index contributed by atoms with van der Waals surface area (Å²) in [5.41, 5.74) is -0.392. The summed E-state index contributed by atoms with van der Waals surface area (Å²) in [5.74, 6) is 0. The van der Waals surface area contributed by atoms with Crippen LogP contribution >= 0.6 is 0 Å². The van der Waals surface area contributed by atoms with Crippen molar-refractivity contribution in [2.45, 2.75) is 51.2 Å². The number of nitro benzene ring substituents is 1. The Morgan fingerprint density at radius 3 is 2.50 bits per heavy atom. The third-order valence-corrected chi connectivity index (χ3v) is 3.87. The van der Waals surface area contributed by atoms with Gasteiger partial charge in [-0.3, -0.25) is 10.1 Å². The molecule has 7 nitrogen and oxygen atoms in total. The van der Waals surface area contributed by atoms with Crippen molar-refractivity contribution < 1.29 is 19.2 Å². The molecule has 0 aliphatic carbocycles. The molecule has 0 radical (unpaired) electrons. The predicted molar refractivity (Wildman–Crippen MR) is 88.8 cm³/mol. The number of non-ortho nitro benzene ring substituents is 1. The number of hydrogen-bond donors (Lipinski definition) is 1. The summed E-state index contributed by atoms with van der Waals surface area (Å²) in [4.78, 5) is 22.3. The van der Waals surface area contributed by atoms with Crippen LogP contribution in [0.3, 0.4) is 0 Å². The standard InChI is InChI=1S/C17H24N2O5/c1-16(2,3)24-15(20)18-12-17(10-4-5-11-23-17)13-6-8-14(9-7-13)19(21)22/h6-9H,4-5,10-12H2,1-3H3,(H,18,20). The molecule has 1 atom stereocenters. The van der Waals surface area contributed by atoms with Crippen LogP contribution in [-0.2, 0) is 15.1 Å². The molecule has 24 heavy (non-hydrogen) atoms.